The minimum absolute atomic E-state index is 0.0797. The largest absolute Gasteiger partial charge is 0.479 e. The van der Waals surface area contributed by atoms with Gasteiger partial charge in [-0.15, -0.1) is 0 Å². The van der Waals surface area contributed by atoms with Gasteiger partial charge in [0.05, 0.1) is 10.4 Å². The van der Waals surface area contributed by atoms with Crippen molar-refractivity contribution in [1.82, 2.24) is 0 Å². The van der Waals surface area contributed by atoms with Crippen molar-refractivity contribution in [3.63, 3.8) is 0 Å². The molecule has 0 radical (unpaired) electrons. The Kier molecular flexibility index (Phi) is 6.48. The Hall–Kier alpha value is -3.16. The molecule has 3 N–H and O–H groups in total. The highest BCUT2D eigenvalue weighted by Crippen LogP contribution is 2.38. The second-order valence-corrected chi connectivity index (χ2v) is 7.72. The quantitative estimate of drug-likeness (QED) is 0.548. The van der Waals surface area contributed by atoms with Crippen molar-refractivity contribution in [2.24, 2.45) is 4.99 Å². The minimum Gasteiger partial charge on any atom is -0.479 e. The van der Waals surface area contributed by atoms with Crippen LogP contribution in [-0.2, 0) is 19.9 Å². The summed E-state index contributed by atoms with van der Waals surface area (Å²) < 4.78 is 0. The van der Waals surface area contributed by atoms with E-state index < -0.39 is 17.5 Å². The molecule has 0 saturated carbocycles. The van der Waals surface area contributed by atoms with Crippen LogP contribution in [0.5, 0.6) is 0 Å². The summed E-state index contributed by atoms with van der Waals surface area (Å²) in [5.41, 5.74) is -1.28. The highest BCUT2D eigenvalue weighted by Gasteiger charge is 2.46. The Morgan fingerprint density at radius 1 is 1.16 bits per heavy atom. The van der Waals surface area contributed by atoms with Crippen LogP contribution < -0.4 is 15.9 Å². The van der Waals surface area contributed by atoms with Gasteiger partial charge in [0, 0.05) is 34.0 Å². The number of carboxylic acids is 2. The van der Waals surface area contributed by atoms with Gasteiger partial charge in [-0.05, 0) is 42.3 Å². The zero-order valence-corrected chi connectivity index (χ0v) is 17.9. The van der Waals surface area contributed by atoms with E-state index in [-0.39, 0.29) is 37.7 Å². The van der Waals surface area contributed by atoms with Gasteiger partial charge >= 0.3 is 11.9 Å². The van der Waals surface area contributed by atoms with Crippen molar-refractivity contribution in [2.75, 3.05) is 5.32 Å². The molecule has 0 spiro atoms. The number of benzene rings is 2. The van der Waals surface area contributed by atoms with Gasteiger partial charge in [0.25, 0.3) is 0 Å². The molecule has 2 aromatic rings. The zero-order chi connectivity index (χ0) is 22.8. The summed E-state index contributed by atoms with van der Waals surface area (Å²) in [4.78, 5) is 40.2. The molecular weight excluding hydrogens is 443 g/mol. The topological polar surface area (TPSA) is 116 Å². The Labute approximate surface area is 187 Å². The normalized spacial score (nSPS) is 17.3. The molecule has 160 valence electrons. The van der Waals surface area contributed by atoms with E-state index in [9.17, 15) is 19.5 Å². The fourth-order valence-corrected chi connectivity index (χ4v) is 4.06. The lowest BCUT2D eigenvalue weighted by atomic mass is 9.82. The van der Waals surface area contributed by atoms with Crippen LogP contribution >= 0.6 is 23.2 Å². The van der Waals surface area contributed by atoms with Gasteiger partial charge in [0.1, 0.15) is 0 Å². The Bertz CT molecular complexity index is 1240. The summed E-state index contributed by atoms with van der Waals surface area (Å²) in [6.45, 7) is 1.87. The smallest absolute Gasteiger partial charge is 0.341 e. The number of amides is 1. The Balaban J connectivity index is 2.30. The molecule has 0 fully saturated rings. The number of hydrogen-bond donors (Lipinski definition) is 3. The number of carbonyl (C=O) groups is 3. The number of hydrogen-bond acceptors (Lipinski definition) is 4. The van der Waals surface area contributed by atoms with Crippen molar-refractivity contribution in [3.05, 3.63) is 74.7 Å². The lowest BCUT2D eigenvalue weighted by molar-refractivity contribution is -0.141. The number of rotatable bonds is 7. The highest BCUT2D eigenvalue weighted by molar-refractivity contribution is 6.34. The number of aliphatic carboxylic acids is 2. The number of halogens is 2. The average molecular weight is 461 g/mol. The molecule has 2 aromatic carbocycles. The first-order valence-corrected chi connectivity index (χ1v) is 10.1. The van der Waals surface area contributed by atoms with Gasteiger partial charge in [-0.2, -0.15) is 0 Å². The number of fused-ring (bicyclic) bond motifs is 1. The van der Waals surface area contributed by atoms with E-state index in [0.717, 1.165) is 6.08 Å². The van der Waals surface area contributed by atoms with E-state index in [0.29, 0.717) is 18.5 Å². The molecule has 0 bridgehead atoms. The Morgan fingerprint density at radius 2 is 1.90 bits per heavy atom. The average Bonchev–Trinajstić information content (AvgIpc) is 3.02. The first-order chi connectivity index (χ1) is 14.7. The fraction of sp³-hybridized carbons (Fsp3) is 0.182. The van der Waals surface area contributed by atoms with Crippen LogP contribution in [-0.4, -0.2) is 28.1 Å². The molecule has 1 aliphatic rings. The third-order valence-electron chi connectivity index (χ3n) is 4.72. The third-order valence-corrected chi connectivity index (χ3v) is 5.24. The first-order valence-electron chi connectivity index (χ1n) is 9.33. The van der Waals surface area contributed by atoms with Gasteiger partial charge in [-0.1, -0.05) is 42.3 Å². The predicted molar refractivity (Wildman–Crippen MR) is 117 cm³/mol. The molecule has 0 aromatic heterocycles. The first kappa shape index (κ1) is 22.5. The van der Waals surface area contributed by atoms with Crippen LogP contribution in [0.25, 0.3) is 5.57 Å². The van der Waals surface area contributed by atoms with E-state index in [2.05, 4.69) is 10.3 Å². The van der Waals surface area contributed by atoms with E-state index in [1.807, 2.05) is 6.92 Å². The molecule has 0 aliphatic carbocycles. The summed E-state index contributed by atoms with van der Waals surface area (Å²) in [7, 11) is 0. The maximum absolute atomic E-state index is 12.6. The number of carbonyl (C=O) groups excluding carboxylic acids is 1. The summed E-state index contributed by atoms with van der Waals surface area (Å²) in [5.74, 6) is -2.80. The fourth-order valence-electron chi connectivity index (χ4n) is 3.47. The van der Waals surface area contributed by atoms with Crippen LogP contribution in [0.3, 0.4) is 0 Å². The molecule has 1 unspecified atom stereocenters. The number of anilines is 1. The summed E-state index contributed by atoms with van der Waals surface area (Å²) in [6.07, 6.45) is 2.98. The number of carboxylic acid groups (broad SMARTS) is 2. The maximum Gasteiger partial charge on any atom is 0.341 e. The monoisotopic (exact) mass is 460 g/mol. The van der Waals surface area contributed by atoms with Crippen molar-refractivity contribution in [2.45, 2.75) is 25.3 Å². The molecule has 7 nitrogen and oxygen atoms in total. The van der Waals surface area contributed by atoms with Gasteiger partial charge in [-0.3, -0.25) is 9.79 Å². The van der Waals surface area contributed by atoms with Crippen molar-refractivity contribution in [3.8, 4) is 0 Å². The van der Waals surface area contributed by atoms with Crippen molar-refractivity contribution >= 4 is 52.3 Å². The summed E-state index contributed by atoms with van der Waals surface area (Å²) in [6, 6.07) is 9.17. The van der Waals surface area contributed by atoms with Crippen molar-refractivity contribution < 1.29 is 24.6 Å². The van der Waals surface area contributed by atoms with Crippen LogP contribution in [0.1, 0.15) is 25.3 Å². The predicted octanol–water partition coefficient (Wildman–Crippen LogP) is 3.14. The molecule has 31 heavy (non-hydrogen) atoms. The molecular formula is C22H18Cl2N2O5. The standard InChI is InChI=1S/C22H18Cl2N2O5/c1-2-4-18(27)25-14-6-3-5-12(9-14)22(21(30)31)15(7-8-19(28)29)20-16(24)10-13(23)11-17(20)26-22/h3,5-11H,2,4H2,1H3,(H,25,27)(H,28,29)(H,30,31). The molecule has 1 atom stereocenters. The second kappa shape index (κ2) is 8.91. The van der Waals surface area contributed by atoms with Gasteiger partial charge in [-0.25, -0.2) is 9.59 Å². The maximum atomic E-state index is 12.6. The van der Waals surface area contributed by atoms with E-state index in [1.54, 1.807) is 18.2 Å². The van der Waals surface area contributed by atoms with Crippen LogP contribution in [0.4, 0.5) is 5.69 Å². The second-order valence-electron chi connectivity index (χ2n) is 6.87. The van der Waals surface area contributed by atoms with E-state index in [4.69, 9.17) is 28.3 Å². The van der Waals surface area contributed by atoms with Crippen LogP contribution in [0, 0.1) is 0 Å². The molecule has 1 heterocycles. The highest BCUT2D eigenvalue weighted by atomic mass is 35.5. The van der Waals surface area contributed by atoms with Crippen molar-refractivity contribution in [1.29, 1.82) is 0 Å². The number of nitrogens with one attached hydrogen (secondary N) is 1. The van der Waals surface area contributed by atoms with Crippen LogP contribution in [0.2, 0.25) is 10.0 Å². The zero-order valence-electron chi connectivity index (χ0n) is 16.4. The van der Waals surface area contributed by atoms with Crippen LogP contribution in [0.15, 0.2) is 53.5 Å². The third kappa shape index (κ3) is 4.33. The Morgan fingerprint density at radius 3 is 2.55 bits per heavy atom. The van der Waals surface area contributed by atoms with Gasteiger partial charge < -0.3 is 15.5 Å². The van der Waals surface area contributed by atoms with E-state index in [1.165, 1.54) is 24.3 Å². The lowest BCUT2D eigenvalue weighted by Crippen LogP contribution is -2.35. The molecule has 0 saturated heterocycles. The molecule has 3 rings (SSSR count). The van der Waals surface area contributed by atoms with Gasteiger partial charge in [0.2, 0.25) is 11.4 Å². The number of nitrogens with zero attached hydrogens (tertiary/aromatic N) is 1. The molecule has 1 amide bonds. The summed E-state index contributed by atoms with van der Waals surface area (Å²) >= 11 is 12.4. The lowest BCUT2D eigenvalue weighted by Gasteiger charge is -2.25. The molecule has 9 heteroatoms. The SMILES string of the molecule is CCCC(=O)Nc1cccc(C2(C(=O)O)N=c3cc(Cl)cc(Cl)c3=C2C=CC(=O)O)c1. The molecule has 1 aliphatic heterocycles. The minimum atomic E-state index is -1.98. The van der Waals surface area contributed by atoms with E-state index >= 15 is 0 Å². The summed E-state index contributed by atoms with van der Waals surface area (Å²) in [5, 5.41) is 23.1. The van der Waals surface area contributed by atoms with Gasteiger partial charge in [0.15, 0.2) is 0 Å².